The van der Waals surface area contributed by atoms with Gasteiger partial charge in [0.15, 0.2) is 5.82 Å². The van der Waals surface area contributed by atoms with Crippen LogP contribution in [0.25, 0.3) is 78.4 Å². The third kappa shape index (κ3) is 5.56. The lowest BCUT2D eigenvalue weighted by Crippen LogP contribution is -2.14. The average molecular weight is 653 g/mol. The molecule has 0 saturated carbocycles. The topological polar surface area (TPSA) is 25.8 Å². The van der Waals surface area contributed by atoms with Gasteiger partial charge in [0.25, 0.3) is 0 Å². The van der Waals surface area contributed by atoms with Gasteiger partial charge in [-0.05, 0) is 67.8 Å². The maximum atomic E-state index is 5.11. The van der Waals surface area contributed by atoms with Crippen LogP contribution in [0, 0.1) is 0 Å². The molecule has 2 heteroatoms. The van der Waals surface area contributed by atoms with E-state index in [0.29, 0.717) is 5.82 Å². The lowest BCUT2D eigenvalue weighted by atomic mass is 9.82. The molecular weight excluding hydrogens is 617 g/mol. The van der Waals surface area contributed by atoms with E-state index in [2.05, 4.69) is 172 Å². The normalized spacial score (nSPS) is 12.7. The van der Waals surface area contributed by atoms with E-state index >= 15 is 0 Å². The molecule has 8 aromatic rings. The average Bonchev–Trinajstić information content (AvgIpc) is 3.44. The van der Waals surface area contributed by atoms with Crippen molar-refractivity contribution in [3.63, 3.8) is 0 Å². The van der Waals surface area contributed by atoms with E-state index in [1.807, 2.05) is 24.3 Å². The van der Waals surface area contributed by atoms with Crippen LogP contribution in [0.1, 0.15) is 25.0 Å². The summed E-state index contributed by atoms with van der Waals surface area (Å²) in [6.07, 6.45) is 0. The summed E-state index contributed by atoms with van der Waals surface area (Å²) in [5.41, 5.74) is 17.6. The van der Waals surface area contributed by atoms with Crippen LogP contribution in [0.3, 0.4) is 0 Å². The number of hydrogen-bond acceptors (Lipinski definition) is 2. The maximum Gasteiger partial charge on any atom is 0.160 e. The van der Waals surface area contributed by atoms with E-state index in [-0.39, 0.29) is 5.41 Å². The van der Waals surface area contributed by atoms with Gasteiger partial charge in [-0.3, -0.25) is 0 Å². The second-order valence-corrected chi connectivity index (χ2v) is 13.8. The van der Waals surface area contributed by atoms with Crippen molar-refractivity contribution >= 4 is 0 Å². The summed E-state index contributed by atoms with van der Waals surface area (Å²) in [5.74, 6) is 0.713. The molecule has 0 radical (unpaired) electrons. The summed E-state index contributed by atoms with van der Waals surface area (Å²) in [6.45, 7) is 4.67. The number of nitrogens with zero attached hydrogens (tertiary/aromatic N) is 2. The first-order valence-corrected chi connectivity index (χ1v) is 17.6. The monoisotopic (exact) mass is 652 g/mol. The summed E-state index contributed by atoms with van der Waals surface area (Å²) in [6, 6.07) is 64.8. The Morgan fingerprint density at radius 2 is 0.804 bits per heavy atom. The molecule has 0 saturated heterocycles. The Morgan fingerprint density at radius 1 is 0.333 bits per heavy atom. The maximum absolute atomic E-state index is 5.11. The van der Waals surface area contributed by atoms with E-state index in [0.717, 1.165) is 33.6 Å². The van der Waals surface area contributed by atoms with Gasteiger partial charge in [0.1, 0.15) is 0 Å². The molecule has 242 valence electrons. The zero-order valence-corrected chi connectivity index (χ0v) is 28.7. The molecule has 2 nitrogen and oxygen atoms in total. The summed E-state index contributed by atoms with van der Waals surface area (Å²) in [5, 5.41) is 0. The third-order valence-corrected chi connectivity index (χ3v) is 10.3. The van der Waals surface area contributed by atoms with Gasteiger partial charge in [-0.15, -0.1) is 0 Å². The van der Waals surface area contributed by atoms with Crippen LogP contribution in [-0.4, -0.2) is 9.97 Å². The lowest BCUT2D eigenvalue weighted by Gasteiger charge is -2.21. The van der Waals surface area contributed by atoms with Crippen molar-refractivity contribution in [3.8, 4) is 78.4 Å². The first kappa shape index (κ1) is 30.7. The Kier molecular flexibility index (Phi) is 7.51. The highest BCUT2D eigenvalue weighted by atomic mass is 14.9. The minimum atomic E-state index is -0.0187. The van der Waals surface area contributed by atoms with Crippen LogP contribution in [-0.2, 0) is 5.41 Å². The molecule has 1 aliphatic rings. The van der Waals surface area contributed by atoms with Crippen LogP contribution < -0.4 is 0 Å². The van der Waals surface area contributed by atoms with Gasteiger partial charge in [-0.1, -0.05) is 184 Å². The van der Waals surface area contributed by atoms with Crippen molar-refractivity contribution in [3.05, 3.63) is 193 Å². The largest absolute Gasteiger partial charge is 0.228 e. The van der Waals surface area contributed by atoms with Gasteiger partial charge < -0.3 is 0 Å². The summed E-state index contributed by atoms with van der Waals surface area (Å²) < 4.78 is 0. The van der Waals surface area contributed by atoms with Gasteiger partial charge in [-0.2, -0.15) is 0 Å². The Morgan fingerprint density at radius 3 is 1.53 bits per heavy atom. The van der Waals surface area contributed by atoms with Crippen LogP contribution in [0.15, 0.2) is 182 Å². The van der Waals surface area contributed by atoms with Crippen LogP contribution in [0.4, 0.5) is 0 Å². The molecule has 7 aromatic carbocycles. The minimum absolute atomic E-state index is 0.0187. The summed E-state index contributed by atoms with van der Waals surface area (Å²) in [7, 11) is 0. The second kappa shape index (κ2) is 12.5. The number of rotatable bonds is 6. The Balaban J connectivity index is 1.08. The zero-order chi connectivity index (χ0) is 34.4. The molecule has 0 N–H and O–H groups in total. The summed E-state index contributed by atoms with van der Waals surface area (Å²) >= 11 is 0. The highest BCUT2D eigenvalue weighted by Crippen LogP contribution is 2.52. The van der Waals surface area contributed by atoms with Crippen molar-refractivity contribution < 1.29 is 0 Å². The quantitative estimate of drug-likeness (QED) is 0.179. The van der Waals surface area contributed by atoms with E-state index in [1.54, 1.807) is 0 Å². The van der Waals surface area contributed by atoms with E-state index in [1.165, 1.54) is 50.1 Å². The van der Waals surface area contributed by atoms with E-state index in [4.69, 9.17) is 9.97 Å². The highest BCUT2D eigenvalue weighted by Gasteiger charge is 2.36. The van der Waals surface area contributed by atoms with Crippen molar-refractivity contribution in [2.45, 2.75) is 19.3 Å². The molecule has 0 aliphatic heterocycles. The van der Waals surface area contributed by atoms with Crippen molar-refractivity contribution in [1.82, 2.24) is 9.97 Å². The van der Waals surface area contributed by atoms with Crippen molar-refractivity contribution in [2.24, 2.45) is 0 Å². The van der Waals surface area contributed by atoms with Gasteiger partial charge in [0, 0.05) is 22.1 Å². The smallest absolute Gasteiger partial charge is 0.160 e. The molecule has 51 heavy (non-hydrogen) atoms. The van der Waals surface area contributed by atoms with Crippen LogP contribution in [0.5, 0.6) is 0 Å². The summed E-state index contributed by atoms with van der Waals surface area (Å²) in [4.78, 5) is 10.2. The number of fused-ring (bicyclic) bond motifs is 3. The first-order valence-electron chi connectivity index (χ1n) is 17.6. The first-order chi connectivity index (χ1) is 25.0. The molecule has 0 fully saturated rings. The van der Waals surface area contributed by atoms with Crippen molar-refractivity contribution in [1.29, 1.82) is 0 Å². The molecule has 1 aliphatic carbocycles. The van der Waals surface area contributed by atoms with Gasteiger partial charge in [0.2, 0.25) is 0 Å². The fraction of sp³-hybridized carbons (Fsp3) is 0.0612. The predicted molar refractivity (Wildman–Crippen MR) is 212 cm³/mol. The van der Waals surface area contributed by atoms with Crippen LogP contribution >= 0.6 is 0 Å². The SMILES string of the molecule is CC1(C)c2ccccc2-c2c(-c3ccc(-c4cccc(-c5cc(-c6ccc(-c7ccccc7)cc6)nc(-c6ccccc6)n5)c4)cc3)cccc21. The van der Waals surface area contributed by atoms with E-state index < -0.39 is 0 Å². The fourth-order valence-corrected chi connectivity index (χ4v) is 7.62. The fourth-order valence-electron chi connectivity index (χ4n) is 7.62. The molecule has 9 rings (SSSR count). The molecule has 0 amide bonds. The lowest BCUT2D eigenvalue weighted by molar-refractivity contribution is 0.660. The van der Waals surface area contributed by atoms with Crippen LogP contribution in [0.2, 0.25) is 0 Å². The molecule has 1 aromatic heterocycles. The van der Waals surface area contributed by atoms with Gasteiger partial charge >= 0.3 is 0 Å². The predicted octanol–water partition coefficient (Wildman–Crippen LogP) is 12.8. The number of aromatic nitrogens is 2. The Bertz CT molecular complexity index is 2510. The van der Waals surface area contributed by atoms with Gasteiger partial charge in [0.05, 0.1) is 11.4 Å². The minimum Gasteiger partial charge on any atom is -0.228 e. The number of hydrogen-bond donors (Lipinski definition) is 0. The zero-order valence-electron chi connectivity index (χ0n) is 28.7. The Labute approximate surface area is 299 Å². The second-order valence-electron chi connectivity index (χ2n) is 13.8. The standard InChI is InChI=1S/C49H36N2/c1-49(2)43-21-10-9-19-42(43)47-41(20-12-22-44(47)49)36-27-23-35(24-28-36)39-17-11-18-40(31-39)46-32-45(50-48(51-46)38-15-7-4-8-16-38)37-29-25-34(26-30-37)33-13-5-3-6-14-33/h3-32H,1-2H3. The molecule has 0 unspecified atom stereocenters. The van der Waals surface area contributed by atoms with E-state index in [9.17, 15) is 0 Å². The highest BCUT2D eigenvalue weighted by molar-refractivity contribution is 5.93. The molecule has 0 spiro atoms. The van der Waals surface area contributed by atoms with Crippen molar-refractivity contribution in [2.75, 3.05) is 0 Å². The third-order valence-electron chi connectivity index (χ3n) is 10.3. The molecular formula is C49H36N2. The van der Waals surface area contributed by atoms with Gasteiger partial charge in [-0.25, -0.2) is 9.97 Å². The molecule has 0 atom stereocenters. The number of benzene rings is 7. The molecule has 1 heterocycles. The molecule has 0 bridgehead atoms. The Hall–Kier alpha value is -6.38.